The van der Waals surface area contributed by atoms with Gasteiger partial charge in [0.15, 0.2) is 0 Å². The summed E-state index contributed by atoms with van der Waals surface area (Å²) in [7, 11) is 0. The van der Waals surface area contributed by atoms with E-state index in [4.69, 9.17) is 4.11 Å². The molecule has 0 bridgehead atoms. The molecule has 0 saturated carbocycles. The summed E-state index contributed by atoms with van der Waals surface area (Å²) >= 11 is 4.44. The summed E-state index contributed by atoms with van der Waals surface area (Å²) in [6.07, 6.45) is 0. The number of aryl methyl sites for hydroxylation is 1. The van der Waals surface area contributed by atoms with Crippen molar-refractivity contribution in [1.29, 1.82) is 0 Å². The van der Waals surface area contributed by atoms with Gasteiger partial charge in [-0.2, -0.15) is 0 Å². The second kappa shape index (κ2) is 1.97. The average molecular weight is 180 g/mol. The van der Waals surface area contributed by atoms with E-state index in [2.05, 4.69) is 15.9 Å². The second-order valence-electron chi connectivity index (χ2n) is 1.10. The monoisotopic (exact) mass is 179 g/mol. The molecule has 0 amide bonds. The van der Waals surface area contributed by atoms with Gasteiger partial charge in [0.1, 0.15) is 0 Å². The molecule has 0 unspecified atom stereocenters. The van der Waals surface area contributed by atoms with Crippen LogP contribution in [0.3, 0.4) is 0 Å². The standard InChI is InChI=1S/C5H5BrS/c1-4-2-3-5(6)7-4/h2-3H,1H3/i1D3. The van der Waals surface area contributed by atoms with Crippen LogP contribution in [0.25, 0.3) is 0 Å². The van der Waals surface area contributed by atoms with Crippen molar-refractivity contribution in [3.63, 3.8) is 0 Å². The van der Waals surface area contributed by atoms with Crippen molar-refractivity contribution in [3.05, 3.63) is 20.8 Å². The first-order valence-corrected chi connectivity index (χ1v) is 3.37. The lowest BCUT2D eigenvalue weighted by atomic mass is 10.5. The highest BCUT2D eigenvalue weighted by atomic mass is 79.9. The van der Waals surface area contributed by atoms with E-state index in [-0.39, 0.29) is 0 Å². The number of hydrogen-bond donors (Lipinski definition) is 0. The number of hydrogen-bond acceptors (Lipinski definition) is 1. The van der Waals surface area contributed by atoms with Gasteiger partial charge in [-0.15, -0.1) is 11.3 Å². The minimum Gasteiger partial charge on any atom is -0.134 e. The first-order valence-electron chi connectivity index (χ1n) is 3.26. The summed E-state index contributed by atoms with van der Waals surface area (Å²) in [5, 5.41) is 0. The molecule has 0 aromatic carbocycles. The van der Waals surface area contributed by atoms with Gasteiger partial charge in [0, 0.05) is 8.99 Å². The minimum atomic E-state index is -1.95. The van der Waals surface area contributed by atoms with E-state index in [1.54, 1.807) is 12.1 Å². The highest BCUT2D eigenvalue weighted by molar-refractivity contribution is 9.11. The lowest BCUT2D eigenvalue weighted by Gasteiger charge is -1.69. The third kappa shape index (κ3) is 1.28. The van der Waals surface area contributed by atoms with E-state index in [0.717, 1.165) is 3.79 Å². The van der Waals surface area contributed by atoms with Crippen LogP contribution in [-0.4, -0.2) is 0 Å². The van der Waals surface area contributed by atoms with Crippen LogP contribution in [0.4, 0.5) is 0 Å². The Morgan fingerprint density at radius 1 is 1.86 bits per heavy atom. The van der Waals surface area contributed by atoms with Crippen LogP contribution in [0.5, 0.6) is 0 Å². The first kappa shape index (κ1) is 2.65. The zero-order valence-electron chi connectivity index (χ0n) is 6.44. The highest BCUT2D eigenvalue weighted by Gasteiger charge is 1.86. The summed E-state index contributed by atoms with van der Waals surface area (Å²) in [5.74, 6) is 0. The molecular weight excluding hydrogens is 172 g/mol. The molecule has 0 radical (unpaired) electrons. The molecule has 38 valence electrons. The molecule has 0 fully saturated rings. The Bertz CT molecular complexity index is 227. The van der Waals surface area contributed by atoms with Crippen LogP contribution in [0.2, 0.25) is 0 Å². The molecule has 0 aliphatic carbocycles. The van der Waals surface area contributed by atoms with Gasteiger partial charge < -0.3 is 0 Å². The third-order valence-electron chi connectivity index (χ3n) is 0.573. The zero-order valence-corrected chi connectivity index (χ0v) is 5.84. The molecule has 0 aliphatic rings. The minimum absolute atomic E-state index is 0.430. The fraction of sp³-hybridized carbons (Fsp3) is 0.200. The third-order valence-corrected chi connectivity index (χ3v) is 2.01. The zero-order chi connectivity index (χ0) is 7.78. The van der Waals surface area contributed by atoms with Crippen molar-refractivity contribution < 1.29 is 4.11 Å². The van der Waals surface area contributed by atoms with Gasteiger partial charge in [-0.05, 0) is 34.9 Å². The van der Waals surface area contributed by atoms with Crippen LogP contribution < -0.4 is 0 Å². The van der Waals surface area contributed by atoms with Gasteiger partial charge in [0.05, 0.1) is 3.79 Å². The smallest absolute Gasteiger partial charge is 0.0701 e. The van der Waals surface area contributed by atoms with Crippen LogP contribution in [0.1, 0.15) is 8.99 Å². The number of halogens is 1. The summed E-state index contributed by atoms with van der Waals surface area (Å²) in [6.45, 7) is -1.95. The molecule has 0 saturated heterocycles. The Balaban J connectivity index is 2.96. The van der Waals surface area contributed by atoms with Crippen LogP contribution >= 0.6 is 27.3 Å². The van der Waals surface area contributed by atoms with Crippen LogP contribution in [0, 0.1) is 6.85 Å². The lowest BCUT2D eigenvalue weighted by molar-refractivity contribution is 1.64. The van der Waals surface area contributed by atoms with Crippen molar-refractivity contribution in [2.24, 2.45) is 0 Å². The normalized spacial score (nSPS) is 17.6. The van der Waals surface area contributed by atoms with Gasteiger partial charge in [0.2, 0.25) is 0 Å². The maximum Gasteiger partial charge on any atom is 0.0701 e. The lowest BCUT2D eigenvalue weighted by Crippen LogP contribution is -1.43. The van der Waals surface area contributed by atoms with Crippen molar-refractivity contribution in [2.75, 3.05) is 0 Å². The summed E-state index contributed by atoms with van der Waals surface area (Å²) < 4.78 is 21.9. The average Bonchev–Trinajstić information content (AvgIpc) is 2.11. The molecule has 0 atom stereocenters. The van der Waals surface area contributed by atoms with E-state index in [1.807, 2.05) is 0 Å². The molecule has 0 spiro atoms. The van der Waals surface area contributed by atoms with E-state index < -0.39 is 6.85 Å². The Morgan fingerprint density at radius 3 is 3.00 bits per heavy atom. The maximum absolute atomic E-state index is 7.01. The van der Waals surface area contributed by atoms with Gasteiger partial charge in [-0.25, -0.2) is 0 Å². The molecule has 0 N–H and O–H groups in total. The fourth-order valence-corrected chi connectivity index (χ4v) is 1.45. The summed E-state index contributed by atoms with van der Waals surface area (Å²) in [4.78, 5) is 0.430. The van der Waals surface area contributed by atoms with Crippen molar-refractivity contribution >= 4 is 27.3 Å². The highest BCUT2D eigenvalue weighted by Crippen LogP contribution is 2.20. The second-order valence-corrected chi connectivity index (χ2v) is 3.57. The van der Waals surface area contributed by atoms with E-state index in [0.29, 0.717) is 4.88 Å². The van der Waals surface area contributed by atoms with Crippen molar-refractivity contribution in [1.82, 2.24) is 0 Å². The Hall–Kier alpha value is 0.180. The van der Waals surface area contributed by atoms with Gasteiger partial charge in [0.25, 0.3) is 0 Å². The molecule has 0 aliphatic heterocycles. The summed E-state index contributed by atoms with van der Waals surface area (Å²) in [6, 6.07) is 3.36. The predicted octanol–water partition coefficient (Wildman–Crippen LogP) is 2.82. The van der Waals surface area contributed by atoms with Crippen molar-refractivity contribution in [2.45, 2.75) is 6.85 Å². The van der Waals surface area contributed by atoms with Gasteiger partial charge in [-0.1, -0.05) is 0 Å². The molecule has 0 nitrogen and oxygen atoms in total. The van der Waals surface area contributed by atoms with E-state index in [1.165, 1.54) is 11.3 Å². The first-order chi connectivity index (χ1) is 4.50. The quantitative estimate of drug-likeness (QED) is 0.575. The fourth-order valence-electron chi connectivity index (χ4n) is 0.314. The predicted molar refractivity (Wildman–Crippen MR) is 36.8 cm³/mol. The number of thiophene rings is 1. The number of rotatable bonds is 0. The van der Waals surface area contributed by atoms with Crippen molar-refractivity contribution in [3.8, 4) is 0 Å². The molecule has 2 heteroatoms. The molecule has 7 heavy (non-hydrogen) atoms. The van der Waals surface area contributed by atoms with Crippen LogP contribution in [0.15, 0.2) is 15.9 Å². The Morgan fingerprint density at radius 2 is 2.71 bits per heavy atom. The summed E-state index contributed by atoms with van der Waals surface area (Å²) in [5.41, 5.74) is 0. The largest absolute Gasteiger partial charge is 0.134 e. The van der Waals surface area contributed by atoms with Gasteiger partial charge in [-0.3, -0.25) is 0 Å². The molecule has 1 aromatic rings. The molecular formula is C5H5BrS. The van der Waals surface area contributed by atoms with E-state index >= 15 is 0 Å². The molecule has 1 aromatic heterocycles. The van der Waals surface area contributed by atoms with Crippen LogP contribution in [-0.2, 0) is 0 Å². The van der Waals surface area contributed by atoms with E-state index in [9.17, 15) is 0 Å². The Kier molecular flexibility index (Phi) is 0.744. The topological polar surface area (TPSA) is 0 Å². The molecule has 1 rings (SSSR count). The van der Waals surface area contributed by atoms with Gasteiger partial charge >= 0.3 is 0 Å². The Labute approximate surface area is 59.5 Å². The SMILES string of the molecule is [2H]C([2H])([2H])c1ccc(Br)s1. The maximum atomic E-state index is 7.01. The molecule has 1 heterocycles.